The van der Waals surface area contributed by atoms with E-state index in [9.17, 15) is 9.59 Å². The van der Waals surface area contributed by atoms with Gasteiger partial charge in [-0.2, -0.15) is 0 Å². The third kappa shape index (κ3) is 14.6. The molecule has 0 N–H and O–H groups in total. The minimum atomic E-state index is -2.52. The molecule has 0 saturated carbocycles. The largest absolute Gasteiger partial charge is 0.499 e. The number of esters is 2. The SMILES string of the molecule is C=C(C)C(=O)OCC(COCCC[Si](C)(C)CC[Si](C)(C)CC[Si](OC)(OC)OC)OC(=O)C(=C)C. The number of carbonyl (C=O) groups is 2. The van der Waals surface area contributed by atoms with Crippen molar-refractivity contribution in [3.8, 4) is 0 Å². The zero-order chi connectivity index (χ0) is 28.0. The summed E-state index contributed by atoms with van der Waals surface area (Å²) in [6.45, 7) is 20.7. The molecule has 0 bridgehead atoms. The van der Waals surface area contributed by atoms with E-state index in [1.54, 1.807) is 35.2 Å². The normalized spacial score (nSPS) is 13.2. The van der Waals surface area contributed by atoms with Crippen LogP contribution in [0.3, 0.4) is 0 Å². The first-order valence-corrected chi connectivity index (χ1v) is 21.3. The highest BCUT2D eigenvalue weighted by molar-refractivity contribution is 6.83. The lowest BCUT2D eigenvalue weighted by Crippen LogP contribution is -2.44. The molecule has 36 heavy (non-hydrogen) atoms. The van der Waals surface area contributed by atoms with Gasteiger partial charge < -0.3 is 27.5 Å². The van der Waals surface area contributed by atoms with Crippen molar-refractivity contribution in [3.63, 3.8) is 0 Å². The topological polar surface area (TPSA) is 89.5 Å². The Bertz CT molecular complexity index is 712. The van der Waals surface area contributed by atoms with Crippen LogP contribution in [-0.4, -0.2) is 84.1 Å². The summed E-state index contributed by atoms with van der Waals surface area (Å²) in [5.74, 6) is -1.05. The first kappa shape index (κ1) is 34.9. The number of hydrogen-bond donors (Lipinski definition) is 0. The molecule has 0 aromatic heterocycles. The molecule has 0 heterocycles. The van der Waals surface area contributed by atoms with Gasteiger partial charge >= 0.3 is 20.7 Å². The summed E-state index contributed by atoms with van der Waals surface area (Å²) in [5.41, 5.74) is 0.571. The van der Waals surface area contributed by atoms with Crippen molar-refractivity contribution < 1.29 is 37.1 Å². The van der Waals surface area contributed by atoms with E-state index in [1.807, 2.05) is 0 Å². The van der Waals surface area contributed by atoms with Crippen LogP contribution in [-0.2, 0) is 37.1 Å². The van der Waals surface area contributed by atoms with Crippen LogP contribution in [0.5, 0.6) is 0 Å². The van der Waals surface area contributed by atoms with Gasteiger partial charge in [0.2, 0.25) is 0 Å². The Morgan fingerprint density at radius 1 is 0.722 bits per heavy atom. The Labute approximate surface area is 222 Å². The Hall–Kier alpha value is -1.09. The van der Waals surface area contributed by atoms with Crippen molar-refractivity contribution in [2.24, 2.45) is 0 Å². The van der Waals surface area contributed by atoms with Gasteiger partial charge in [-0.05, 0) is 20.3 Å². The van der Waals surface area contributed by atoms with E-state index >= 15 is 0 Å². The van der Waals surface area contributed by atoms with Crippen molar-refractivity contribution in [1.29, 1.82) is 0 Å². The van der Waals surface area contributed by atoms with Crippen molar-refractivity contribution in [1.82, 2.24) is 0 Å². The highest BCUT2D eigenvalue weighted by Crippen LogP contribution is 2.30. The lowest BCUT2D eigenvalue weighted by Gasteiger charge is -2.31. The summed E-state index contributed by atoms with van der Waals surface area (Å²) in [4.78, 5) is 23.6. The molecule has 11 heteroatoms. The molecule has 0 amide bonds. The van der Waals surface area contributed by atoms with Crippen molar-refractivity contribution >= 4 is 36.9 Å². The monoisotopic (exact) mass is 562 g/mol. The van der Waals surface area contributed by atoms with Crippen LogP contribution in [0, 0.1) is 0 Å². The van der Waals surface area contributed by atoms with Crippen LogP contribution in [0.25, 0.3) is 0 Å². The van der Waals surface area contributed by atoms with E-state index in [-0.39, 0.29) is 24.4 Å². The third-order valence-electron chi connectivity index (χ3n) is 6.34. The highest BCUT2D eigenvalue weighted by atomic mass is 28.4. The summed E-state index contributed by atoms with van der Waals surface area (Å²) >= 11 is 0. The Morgan fingerprint density at radius 3 is 1.67 bits per heavy atom. The zero-order valence-corrected chi connectivity index (χ0v) is 27.1. The Morgan fingerprint density at radius 2 is 1.19 bits per heavy atom. The molecule has 0 aromatic carbocycles. The molecule has 8 nitrogen and oxygen atoms in total. The standard InChI is InChI=1S/C25H50O8Si3/c1-21(2)24(26)32-20-23(33-25(27)22(3)4)19-31-13-12-14-34(8,9)15-16-35(10,11)17-18-36(28-5,29-6)30-7/h23H,1,3,12-20H2,2,4-11H3. The molecule has 0 aliphatic carbocycles. The number of rotatable bonds is 20. The van der Waals surface area contributed by atoms with Crippen LogP contribution < -0.4 is 0 Å². The second-order valence-corrected chi connectivity index (χ2v) is 24.7. The quantitative estimate of drug-likeness (QED) is 0.0855. The minimum absolute atomic E-state index is 0.0793. The summed E-state index contributed by atoms with van der Waals surface area (Å²) in [6, 6.07) is 5.71. The van der Waals surface area contributed by atoms with Crippen LogP contribution >= 0.6 is 0 Å². The van der Waals surface area contributed by atoms with E-state index in [0.29, 0.717) is 6.61 Å². The molecule has 0 fully saturated rings. The van der Waals surface area contributed by atoms with Gasteiger partial charge in [0, 0.05) is 61.3 Å². The molecule has 1 unspecified atom stereocenters. The molecule has 0 aromatic rings. The average molecular weight is 563 g/mol. The van der Waals surface area contributed by atoms with Crippen molar-refractivity contribution in [2.45, 2.75) is 82.8 Å². The van der Waals surface area contributed by atoms with Gasteiger partial charge in [0.05, 0.1) is 6.61 Å². The summed E-state index contributed by atoms with van der Waals surface area (Å²) in [7, 11) is -0.269. The van der Waals surface area contributed by atoms with Gasteiger partial charge in [-0.3, -0.25) is 0 Å². The maximum Gasteiger partial charge on any atom is 0.499 e. The fraction of sp³-hybridized carbons (Fsp3) is 0.760. The first-order chi connectivity index (χ1) is 16.6. The molecular weight excluding hydrogens is 513 g/mol. The summed E-state index contributed by atoms with van der Waals surface area (Å²) < 4.78 is 33.1. The second-order valence-electron chi connectivity index (χ2n) is 11.0. The fourth-order valence-corrected chi connectivity index (χ4v) is 15.6. The minimum Gasteiger partial charge on any atom is -0.458 e. The fourth-order valence-electron chi connectivity index (χ4n) is 3.50. The van der Waals surface area contributed by atoms with E-state index in [4.69, 9.17) is 27.5 Å². The molecule has 0 aliphatic heterocycles. The van der Waals surface area contributed by atoms with Gasteiger partial charge in [0.15, 0.2) is 6.10 Å². The van der Waals surface area contributed by atoms with E-state index < -0.39 is 43.0 Å². The molecule has 1 atom stereocenters. The van der Waals surface area contributed by atoms with Gasteiger partial charge in [-0.1, -0.05) is 63.5 Å². The van der Waals surface area contributed by atoms with Crippen LogP contribution in [0.1, 0.15) is 20.3 Å². The molecule has 210 valence electrons. The van der Waals surface area contributed by atoms with Gasteiger partial charge in [0.25, 0.3) is 0 Å². The van der Waals surface area contributed by atoms with Gasteiger partial charge in [0.1, 0.15) is 6.61 Å². The average Bonchev–Trinajstić information content (AvgIpc) is 2.81. The zero-order valence-electron chi connectivity index (χ0n) is 24.1. The van der Waals surface area contributed by atoms with Gasteiger partial charge in [-0.15, -0.1) is 0 Å². The Kier molecular flexibility index (Phi) is 16.2. The number of ether oxygens (including phenoxy) is 3. The summed E-state index contributed by atoms with van der Waals surface area (Å²) in [5, 5.41) is 0. The Balaban J connectivity index is 4.56. The third-order valence-corrected chi connectivity index (χ3v) is 16.6. The van der Waals surface area contributed by atoms with E-state index in [2.05, 4.69) is 39.3 Å². The molecule has 0 rings (SSSR count). The lowest BCUT2D eigenvalue weighted by atomic mass is 10.3. The van der Waals surface area contributed by atoms with Gasteiger partial charge in [-0.25, -0.2) is 9.59 Å². The molecule has 0 aliphatic rings. The van der Waals surface area contributed by atoms with Crippen LogP contribution in [0.2, 0.25) is 56.4 Å². The lowest BCUT2D eigenvalue weighted by molar-refractivity contribution is -0.157. The second kappa shape index (κ2) is 16.7. The van der Waals surface area contributed by atoms with E-state index in [0.717, 1.165) is 24.6 Å². The predicted octanol–water partition coefficient (Wildman–Crippen LogP) is 5.30. The summed E-state index contributed by atoms with van der Waals surface area (Å²) in [6.07, 6.45) is 0.262. The predicted molar refractivity (Wildman–Crippen MR) is 152 cm³/mol. The maximum absolute atomic E-state index is 11.9. The highest BCUT2D eigenvalue weighted by Gasteiger charge is 2.40. The molecule has 0 saturated heterocycles. The van der Waals surface area contributed by atoms with Crippen molar-refractivity contribution in [3.05, 3.63) is 24.3 Å². The molecule has 0 radical (unpaired) electrons. The maximum atomic E-state index is 11.9. The first-order valence-electron chi connectivity index (χ1n) is 12.5. The number of hydrogen-bond acceptors (Lipinski definition) is 8. The van der Waals surface area contributed by atoms with Crippen molar-refractivity contribution in [2.75, 3.05) is 41.2 Å². The number of carbonyl (C=O) groups excluding carboxylic acids is 2. The smallest absolute Gasteiger partial charge is 0.458 e. The molecule has 0 spiro atoms. The van der Waals surface area contributed by atoms with Crippen LogP contribution in [0.15, 0.2) is 24.3 Å². The molecular formula is C25H50O8Si3. The van der Waals surface area contributed by atoms with E-state index in [1.165, 1.54) is 12.1 Å². The van der Waals surface area contributed by atoms with Crippen LogP contribution in [0.4, 0.5) is 0 Å².